The van der Waals surface area contributed by atoms with E-state index in [2.05, 4.69) is 54.1 Å². The number of aliphatic hydroxyl groups is 1. The van der Waals surface area contributed by atoms with Gasteiger partial charge < -0.3 is 14.9 Å². The van der Waals surface area contributed by atoms with Crippen molar-refractivity contribution in [1.82, 2.24) is 9.80 Å². The molecule has 2 fully saturated rings. The van der Waals surface area contributed by atoms with Crippen LogP contribution in [0.5, 0.6) is 0 Å². The molecule has 32 heavy (non-hydrogen) atoms. The van der Waals surface area contributed by atoms with Crippen molar-refractivity contribution in [2.75, 3.05) is 39.8 Å². The molecule has 172 valence electrons. The number of benzene rings is 2. The summed E-state index contributed by atoms with van der Waals surface area (Å²) in [5, 5.41) is 12.4. The van der Waals surface area contributed by atoms with Gasteiger partial charge in [-0.05, 0) is 62.1 Å². The normalized spacial score (nSPS) is 26.9. The number of halogens is 1. The predicted molar refractivity (Wildman–Crippen MR) is 130 cm³/mol. The molecule has 1 heterocycles. The Morgan fingerprint density at radius 1 is 1.00 bits per heavy atom. The first kappa shape index (κ1) is 23.2. The molecule has 2 aromatic rings. The SMILES string of the molecule is Cc1ccc(CC2(O)/C(=C\c3ccc(F)cc3)CCCCC2CN2CCN(C)CC2)cc1. The molecule has 2 unspecified atom stereocenters. The van der Waals surface area contributed by atoms with E-state index >= 15 is 0 Å². The van der Waals surface area contributed by atoms with Gasteiger partial charge in [0.15, 0.2) is 0 Å². The van der Waals surface area contributed by atoms with Crippen LogP contribution in [0.4, 0.5) is 4.39 Å². The number of hydrogen-bond donors (Lipinski definition) is 1. The molecule has 0 spiro atoms. The van der Waals surface area contributed by atoms with Crippen LogP contribution < -0.4 is 0 Å². The number of piperazine rings is 1. The lowest BCUT2D eigenvalue weighted by Gasteiger charge is -2.42. The summed E-state index contributed by atoms with van der Waals surface area (Å²) in [5.41, 5.74) is 3.57. The average Bonchev–Trinajstić information content (AvgIpc) is 2.92. The van der Waals surface area contributed by atoms with Crippen LogP contribution in [0.25, 0.3) is 6.08 Å². The van der Waals surface area contributed by atoms with Gasteiger partial charge in [-0.1, -0.05) is 54.5 Å². The molecular weight excluding hydrogens is 399 g/mol. The van der Waals surface area contributed by atoms with Crippen LogP contribution in [0.2, 0.25) is 0 Å². The molecule has 0 aromatic heterocycles. The molecule has 1 saturated carbocycles. The Hall–Kier alpha value is -2.01. The monoisotopic (exact) mass is 436 g/mol. The lowest BCUT2D eigenvalue weighted by Crippen LogP contribution is -2.51. The molecule has 1 N–H and O–H groups in total. The zero-order chi connectivity index (χ0) is 22.6. The highest BCUT2D eigenvalue weighted by molar-refractivity contribution is 5.56. The van der Waals surface area contributed by atoms with Gasteiger partial charge in [-0.2, -0.15) is 0 Å². The minimum absolute atomic E-state index is 0.182. The van der Waals surface area contributed by atoms with Crippen molar-refractivity contribution in [1.29, 1.82) is 0 Å². The Bertz CT molecular complexity index is 900. The zero-order valence-corrected chi connectivity index (χ0v) is 19.6. The standard InChI is InChI=1S/C28H37FN2O/c1-22-7-9-24(10-8-22)20-28(32)25(19-23-11-13-27(29)14-12-23)5-3-4-6-26(28)21-31-17-15-30(2)16-18-31/h7-14,19,26,32H,3-6,15-18,20-21H2,1-2H3/b25-19-. The van der Waals surface area contributed by atoms with E-state index in [0.29, 0.717) is 6.42 Å². The summed E-state index contributed by atoms with van der Waals surface area (Å²) >= 11 is 0. The summed E-state index contributed by atoms with van der Waals surface area (Å²) in [4.78, 5) is 4.91. The molecular formula is C28H37FN2O. The van der Waals surface area contributed by atoms with E-state index in [0.717, 1.165) is 69.5 Å². The van der Waals surface area contributed by atoms with Crippen molar-refractivity contribution in [3.63, 3.8) is 0 Å². The fourth-order valence-corrected chi connectivity index (χ4v) is 5.24. The third-order valence-corrected chi connectivity index (χ3v) is 7.36. The molecule has 1 aliphatic heterocycles. The van der Waals surface area contributed by atoms with Crippen LogP contribution >= 0.6 is 0 Å². The Labute approximate surface area is 192 Å². The summed E-state index contributed by atoms with van der Waals surface area (Å²) in [6.07, 6.45) is 6.89. The maximum Gasteiger partial charge on any atom is 0.123 e. The minimum Gasteiger partial charge on any atom is -0.385 e. The smallest absolute Gasteiger partial charge is 0.123 e. The van der Waals surface area contributed by atoms with E-state index in [-0.39, 0.29) is 11.7 Å². The molecule has 0 amide bonds. The van der Waals surface area contributed by atoms with Gasteiger partial charge in [0.25, 0.3) is 0 Å². The minimum atomic E-state index is -0.899. The number of likely N-dealkylation sites (N-methyl/N-ethyl adjacent to an activating group) is 1. The van der Waals surface area contributed by atoms with Crippen LogP contribution in [0.1, 0.15) is 42.4 Å². The van der Waals surface area contributed by atoms with Crippen LogP contribution in [0.15, 0.2) is 54.1 Å². The number of aryl methyl sites for hydroxylation is 1. The van der Waals surface area contributed by atoms with Crippen molar-refractivity contribution < 1.29 is 9.50 Å². The van der Waals surface area contributed by atoms with Crippen molar-refractivity contribution in [3.05, 3.63) is 76.6 Å². The van der Waals surface area contributed by atoms with E-state index in [1.54, 1.807) is 0 Å². The number of nitrogens with zero attached hydrogens (tertiary/aromatic N) is 2. The second-order valence-corrected chi connectivity index (χ2v) is 9.85. The van der Waals surface area contributed by atoms with Crippen molar-refractivity contribution in [2.24, 2.45) is 5.92 Å². The molecule has 4 heteroatoms. The molecule has 2 aliphatic rings. The Morgan fingerprint density at radius 2 is 1.69 bits per heavy atom. The van der Waals surface area contributed by atoms with E-state index < -0.39 is 5.60 Å². The third kappa shape index (κ3) is 5.67. The number of rotatable bonds is 5. The van der Waals surface area contributed by atoms with Crippen LogP contribution in [0, 0.1) is 18.7 Å². The van der Waals surface area contributed by atoms with Gasteiger partial charge in [0, 0.05) is 45.1 Å². The van der Waals surface area contributed by atoms with Gasteiger partial charge in [-0.15, -0.1) is 0 Å². The molecule has 0 radical (unpaired) electrons. The van der Waals surface area contributed by atoms with E-state index in [4.69, 9.17) is 0 Å². The topological polar surface area (TPSA) is 26.7 Å². The fourth-order valence-electron chi connectivity index (χ4n) is 5.24. The second kappa shape index (κ2) is 10.3. The van der Waals surface area contributed by atoms with Gasteiger partial charge in [0.1, 0.15) is 5.82 Å². The van der Waals surface area contributed by atoms with E-state index in [9.17, 15) is 9.50 Å². The second-order valence-electron chi connectivity index (χ2n) is 9.85. The average molecular weight is 437 g/mol. The zero-order valence-electron chi connectivity index (χ0n) is 19.6. The summed E-state index contributed by atoms with van der Waals surface area (Å²) in [6.45, 7) is 7.31. The molecule has 2 atom stereocenters. The quantitative estimate of drug-likeness (QED) is 0.674. The molecule has 1 aliphatic carbocycles. The Kier molecular flexibility index (Phi) is 7.44. The highest BCUT2D eigenvalue weighted by atomic mass is 19.1. The van der Waals surface area contributed by atoms with E-state index in [1.807, 2.05) is 12.1 Å². The Balaban J connectivity index is 1.67. The highest BCUT2D eigenvalue weighted by Crippen LogP contribution is 2.41. The van der Waals surface area contributed by atoms with Crippen LogP contribution in [-0.2, 0) is 6.42 Å². The first-order chi connectivity index (χ1) is 15.4. The predicted octanol–water partition coefficient (Wildman–Crippen LogP) is 4.93. The van der Waals surface area contributed by atoms with Crippen molar-refractivity contribution in [2.45, 2.75) is 44.6 Å². The highest BCUT2D eigenvalue weighted by Gasteiger charge is 2.42. The van der Waals surface area contributed by atoms with Crippen molar-refractivity contribution >= 4 is 6.08 Å². The van der Waals surface area contributed by atoms with Crippen LogP contribution in [-0.4, -0.2) is 60.3 Å². The Morgan fingerprint density at radius 3 is 2.38 bits per heavy atom. The number of hydrogen-bond acceptors (Lipinski definition) is 3. The van der Waals surface area contributed by atoms with Gasteiger partial charge >= 0.3 is 0 Å². The maximum atomic E-state index is 13.5. The first-order valence-corrected chi connectivity index (χ1v) is 12.1. The molecule has 1 saturated heterocycles. The fraction of sp³-hybridized carbons (Fsp3) is 0.500. The van der Waals surface area contributed by atoms with Gasteiger partial charge in [-0.25, -0.2) is 4.39 Å². The summed E-state index contributed by atoms with van der Waals surface area (Å²) < 4.78 is 13.5. The molecule has 0 bridgehead atoms. The van der Waals surface area contributed by atoms with E-state index in [1.165, 1.54) is 23.3 Å². The maximum absolute atomic E-state index is 13.5. The molecule has 4 rings (SSSR count). The van der Waals surface area contributed by atoms with Gasteiger partial charge in [0.2, 0.25) is 0 Å². The summed E-state index contributed by atoms with van der Waals surface area (Å²) in [5.74, 6) is -0.0442. The molecule has 2 aromatic carbocycles. The lowest BCUT2D eigenvalue weighted by atomic mass is 9.74. The largest absolute Gasteiger partial charge is 0.385 e. The third-order valence-electron chi connectivity index (χ3n) is 7.36. The van der Waals surface area contributed by atoms with Crippen molar-refractivity contribution in [3.8, 4) is 0 Å². The van der Waals surface area contributed by atoms with Gasteiger partial charge in [0.05, 0.1) is 5.60 Å². The first-order valence-electron chi connectivity index (χ1n) is 12.1. The molecule has 3 nitrogen and oxygen atoms in total. The van der Waals surface area contributed by atoms with Crippen LogP contribution in [0.3, 0.4) is 0 Å². The van der Waals surface area contributed by atoms with Gasteiger partial charge in [-0.3, -0.25) is 0 Å². The summed E-state index contributed by atoms with van der Waals surface area (Å²) in [6, 6.07) is 15.2. The summed E-state index contributed by atoms with van der Waals surface area (Å²) in [7, 11) is 2.18. The lowest BCUT2D eigenvalue weighted by molar-refractivity contribution is -0.00643.